The van der Waals surface area contributed by atoms with E-state index >= 15 is 0 Å². The van der Waals surface area contributed by atoms with E-state index in [9.17, 15) is 0 Å². The van der Waals surface area contributed by atoms with E-state index in [4.69, 9.17) is 23.2 Å². The van der Waals surface area contributed by atoms with E-state index < -0.39 is 5.62 Å². The SMILES string of the molecule is ClC1=NC(Cl)NSN1. The Kier molecular flexibility index (Phi) is 2.25. The summed E-state index contributed by atoms with van der Waals surface area (Å²) in [6.45, 7) is 0. The number of nitrogens with zero attached hydrogens (tertiary/aromatic N) is 1. The molecule has 1 aliphatic rings. The molecule has 1 rings (SSSR count). The highest BCUT2D eigenvalue weighted by atomic mass is 35.5. The van der Waals surface area contributed by atoms with Crippen LogP contribution in [0.15, 0.2) is 4.99 Å². The zero-order chi connectivity index (χ0) is 5.98. The predicted molar refractivity (Wildman–Crippen MR) is 36.8 cm³/mol. The molecule has 1 atom stereocenters. The van der Waals surface area contributed by atoms with Gasteiger partial charge in [0, 0.05) is 12.1 Å². The third-order valence-electron chi connectivity index (χ3n) is 0.518. The third-order valence-corrected chi connectivity index (χ3v) is 1.79. The van der Waals surface area contributed by atoms with Crippen LogP contribution in [0.25, 0.3) is 0 Å². The van der Waals surface area contributed by atoms with Gasteiger partial charge in [-0.1, -0.05) is 11.6 Å². The summed E-state index contributed by atoms with van der Waals surface area (Å²) >= 11 is 12.1. The quantitative estimate of drug-likeness (QED) is 0.323. The Hall–Kier alpha value is 0.360. The van der Waals surface area contributed by atoms with E-state index in [1.54, 1.807) is 0 Å². The molecule has 0 radical (unpaired) electrons. The summed E-state index contributed by atoms with van der Waals surface area (Å²) in [5, 5.41) is 0.328. The molecule has 6 heteroatoms. The van der Waals surface area contributed by atoms with Gasteiger partial charge in [-0.05, 0) is 11.6 Å². The van der Waals surface area contributed by atoms with E-state index in [1.165, 1.54) is 12.1 Å². The Labute approximate surface area is 61.1 Å². The maximum Gasteiger partial charge on any atom is 0.205 e. The monoisotopic (exact) mass is 171 g/mol. The summed E-state index contributed by atoms with van der Waals surface area (Å²) in [5.74, 6) is 0. The van der Waals surface area contributed by atoms with Crippen LogP contribution in [0.3, 0.4) is 0 Å². The summed E-state index contributed by atoms with van der Waals surface area (Å²) in [6.07, 6.45) is 0. The molecule has 0 aromatic carbocycles. The molecule has 0 saturated carbocycles. The molecule has 2 N–H and O–H groups in total. The lowest BCUT2D eigenvalue weighted by Crippen LogP contribution is -2.29. The van der Waals surface area contributed by atoms with Gasteiger partial charge in [0.25, 0.3) is 0 Å². The number of rotatable bonds is 0. The highest BCUT2D eigenvalue weighted by molar-refractivity contribution is 7.96. The molecular weight excluding hydrogens is 169 g/mol. The van der Waals surface area contributed by atoms with E-state index in [0.717, 1.165) is 0 Å². The third kappa shape index (κ3) is 1.70. The maximum absolute atomic E-state index is 5.47. The number of hydrogen-bond acceptors (Lipinski definition) is 4. The minimum absolute atomic E-state index is 0.328. The van der Waals surface area contributed by atoms with Gasteiger partial charge in [0.05, 0.1) is 0 Å². The van der Waals surface area contributed by atoms with Crippen LogP contribution in [0.1, 0.15) is 0 Å². The van der Waals surface area contributed by atoms with Gasteiger partial charge in [0.15, 0.2) is 5.62 Å². The fraction of sp³-hybridized carbons (Fsp3) is 0.500. The van der Waals surface area contributed by atoms with Crippen molar-refractivity contribution in [1.82, 2.24) is 9.44 Å². The lowest BCUT2D eigenvalue weighted by Gasteiger charge is -2.12. The Bertz CT molecular complexity index is 116. The van der Waals surface area contributed by atoms with Crippen molar-refractivity contribution in [2.24, 2.45) is 4.99 Å². The fourth-order valence-electron chi connectivity index (χ4n) is 0.272. The molecule has 0 aromatic rings. The van der Waals surface area contributed by atoms with Crippen LogP contribution in [0.5, 0.6) is 0 Å². The van der Waals surface area contributed by atoms with Crippen molar-refractivity contribution in [3.8, 4) is 0 Å². The van der Waals surface area contributed by atoms with Crippen molar-refractivity contribution in [2.45, 2.75) is 5.62 Å². The normalized spacial score (nSPS) is 28.8. The Morgan fingerprint density at radius 2 is 2.50 bits per heavy atom. The average molecular weight is 172 g/mol. The molecule has 1 unspecified atom stereocenters. The molecule has 1 aliphatic heterocycles. The number of hydrogen-bond donors (Lipinski definition) is 2. The summed E-state index contributed by atoms with van der Waals surface area (Å²) in [7, 11) is 0. The van der Waals surface area contributed by atoms with Crippen LogP contribution < -0.4 is 9.44 Å². The molecule has 3 nitrogen and oxygen atoms in total. The van der Waals surface area contributed by atoms with Crippen LogP contribution in [0.4, 0.5) is 0 Å². The highest BCUT2D eigenvalue weighted by Gasteiger charge is 2.07. The van der Waals surface area contributed by atoms with Crippen LogP contribution in [0.2, 0.25) is 0 Å². The van der Waals surface area contributed by atoms with Crippen molar-refractivity contribution in [1.29, 1.82) is 0 Å². The summed E-state index contributed by atoms with van der Waals surface area (Å²) < 4.78 is 5.36. The van der Waals surface area contributed by atoms with Gasteiger partial charge in [-0.2, -0.15) is 0 Å². The minimum atomic E-state index is -0.409. The van der Waals surface area contributed by atoms with Crippen LogP contribution in [0, 0.1) is 0 Å². The lowest BCUT2D eigenvalue weighted by molar-refractivity contribution is 0.879. The highest BCUT2D eigenvalue weighted by Crippen LogP contribution is 2.05. The number of amidine groups is 1. The van der Waals surface area contributed by atoms with Gasteiger partial charge < -0.3 is 0 Å². The van der Waals surface area contributed by atoms with Crippen LogP contribution >= 0.6 is 35.3 Å². The molecule has 0 fully saturated rings. The van der Waals surface area contributed by atoms with E-state index in [1.807, 2.05) is 0 Å². The molecular formula is C2H3Cl2N3S. The standard InChI is InChI=1S/C2H3Cl2N3S/c3-1-5-2(4)7-8-6-1/h1,6H,(H,5,7). The van der Waals surface area contributed by atoms with Crippen molar-refractivity contribution in [3.63, 3.8) is 0 Å². The Morgan fingerprint density at radius 3 is 2.88 bits per heavy atom. The van der Waals surface area contributed by atoms with Gasteiger partial charge in [-0.15, -0.1) is 0 Å². The molecule has 8 heavy (non-hydrogen) atoms. The first kappa shape index (κ1) is 6.48. The van der Waals surface area contributed by atoms with Crippen molar-refractivity contribution in [2.75, 3.05) is 0 Å². The molecule has 0 amide bonds. The molecule has 1 heterocycles. The predicted octanol–water partition coefficient (Wildman–Crippen LogP) is 0.860. The first-order chi connectivity index (χ1) is 3.79. The first-order valence-electron chi connectivity index (χ1n) is 1.84. The Balaban J connectivity index is 2.50. The maximum atomic E-state index is 5.47. The first-order valence-corrected chi connectivity index (χ1v) is 3.47. The zero-order valence-electron chi connectivity index (χ0n) is 3.69. The topological polar surface area (TPSA) is 36.4 Å². The molecule has 0 aromatic heterocycles. The van der Waals surface area contributed by atoms with Gasteiger partial charge in [-0.25, -0.2) is 9.71 Å². The van der Waals surface area contributed by atoms with E-state index in [2.05, 4.69) is 14.4 Å². The minimum Gasteiger partial charge on any atom is -0.292 e. The number of aliphatic imine (C=N–C) groups is 1. The lowest BCUT2D eigenvalue weighted by atomic mass is 11.1. The van der Waals surface area contributed by atoms with E-state index in [0.29, 0.717) is 5.29 Å². The largest absolute Gasteiger partial charge is 0.292 e. The second-order valence-corrected chi connectivity index (χ2v) is 2.49. The van der Waals surface area contributed by atoms with Gasteiger partial charge in [-0.3, -0.25) is 4.72 Å². The van der Waals surface area contributed by atoms with Gasteiger partial charge in [0.1, 0.15) is 0 Å². The molecule has 0 aliphatic carbocycles. The zero-order valence-corrected chi connectivity index (χ0v) is 6.02. The smallest absolute Gasteiger partial charge is 0.205 e. The number of halogens is 2. The van der Waals surface area contributed by atoms with Crippen LogP contribution in [-0.2, 0) is 0 Å². The number of nitrogens with one attached hydrogen (secondary N) is 2. The summed E-state index contributed by atoms with van der Waals surface area (Å²) in [4.78, 5) is 3.69. The van der Waals surface area contributed by atoms with Crippen LogP contribution in [-0.4, -0.2) is 10.9 Å². The van der Waals surface area contributed by atoms with Crippen molar-refractivity contribution >= 4 is 40.6 Å². The van der Waals surface area contributed by atoms with Gasteiger partial charge in [0.2, 0.25) is 5.29 Å². The molecule has 46 valence electrons. The summed E-state index contributed by atoms with van der Waals surface area (Å²) in [5.41, 5.74) is -0.409. The second-order valence-electron chi connectivity index (χ2n) is 1.08. The number of alkyl halides is 1. The van der Waals surface area contributed by atoms with Gasteiger partial charge >= 0.3 is 0 Å². The Morgan fingerprint density at radius 1 is 1.75 bits per heavy atom. The fourth-order valence-corrected chi connectivity index (χ4v) is 1.11. The second kappa shape index (κ2) is 2.77. The van der Waals surface area contributed by atoms with Crippen molar-refractivity contribution in [3.05, 3.63) is 0 Å². The summed E-state index contributed by atoms with van der Waals surface area (Å²) in [6, 6.07) is 0. The average Bonchev–Trinajstić information content (AvgIpc) is 1.64. The molecule has 0 spiro atoms. The van der Waals surface area contributed by atoms with Crippen molar-refractivity contribution < 1.29 is 0 Å². The molecule has 0 bridgehead atoms. The molecule has 0 saturated heterocycles. The van der Waals surface area contributed by atoms with E-state index in [-0.39, 0.29) is 0 Å².